The van der Waals surface area contributed by atoms with E-state index in [1.54, 1.807) is 6.20 Å². The molecule has 2 N–H and O–H groups in total. The quantitative estimate of drug-likeness (QED) is 0.834. The molecule has 138 valence electrons. The van der Waals surface area contributed by atoms with Crippen molar-refractivity contribution in [1.29, 1.82) is 0 Å². The summed E-state index contributed by atoms with van der Waals surface area (Å²) in [7, 11) is 0. The Labute approximate surface area is 150 Å². The summed E-state index contributed by atoms with van der Waals surface area (Å²) in [6.07, 6.45) is -0.496. The molecule has 2 heterocycles. The van der Waals surface area contributed by atoms with E-state index in [1.807, 2.05) is 19.1 Å². The first-order chi connectivity index (χ1) is 12.2. The van der Waals surface area contributed by atoms with E-state index in [2.05, 4.69) is 4.98 Å². The van der Waals surface area contributed by atoms with Crippen molar-refractivity contribution in [3.8, 4) is 0 Å². The van der Waals surface area contributed by atoms with Gasteiger partial charge in [0.05, 0.1) is 12.1 Å². The number of carbonyl (C=O) groups excluding carboxylic acids is 1. The third-order valence-corrected chi connectivity index (χ3v) is 5.06. The minimum atomic E-state index is -4.41. The first-order valence-electron chi connectivity index (χ1n) is 8.53. The van der Waals surface area contributed by atoms with Crippen molar-refractivity contribution in [3.05, 3.63) is 53.7 Å². The molecule has 1 aliphatic heterocycles. The lowest BCUT2D eigenvalue weighted by Gasteiger charge is -2.44. The fraction of sp³-hybridized carbons (Fsp3) is 0.368. The number of halogens is 3. The number of rotatable bonds is 3. The summed E-state index contributed by atoms with van der Waals surface area (Å²) < 4.78 is 38.9. The average Bonchev–Trinajstić information content (AvgIpc) is 2.61. The highest BCUT2D eigenvalue weighted by atomic mass is 19.4. The van der Waals surface area contributed by atoms with Crippen molar-refractivity contribution >= 4 is 17.4 Å². The zero-order valence-corrected chi connectivity index (χ0v) is 14.5. The van der Waals surface area contributed by atoms with E-state index in [-0.39, 0.29) is 4.48 Å². The van der Waals surface area contributed by atoms with E-state index in [0.29, 0.717) is 24.5 Å². The standard InChI is InChI=1S/C19H20F3N3O/c1-13-9-10-24-17(12-13)25(11-3-2-4-16(25)18(23)26)15-7-5-14(6-8-15)19(20,21)22/h5-10,12,16H,2-4,11H2,1H3,(H-,23,26)/p+1. The van der Waals surface area contributed by atoms with Crippen LogP contribution in [-0.2, 0) is 11.0 Å². The molecule has 2 unspecified atom stereocenters. The molecule has 1 amide bonds. The van der Waals surface area contributed by atoms with E-state index < -0.39 is 23.7 Å². The zero-order valence-electron chi connectivity index (χ0n) is 14.5. The Hall–Kier alpha value is -2.41. The van der Waals surface area contributed by atoms with Crippen molar-refractivity contribution in [2.45, 2.75) is 38.4 Å². The third kappa shape index (κ3) is 3.19. The number of hydrogen-bond donors (Lipinski definition) is 1. The smallest absolute Gasteiger partial charge is 0.364 e. The molecule has 0 spiro atoms. The van der Waals surface area contributed by atoms with Gasteiger partial charge in [-0.3, -0.25) is 4.79 Å². The van der Waals surface area contributed by atoms with Gasteiger partial charge in [-0.2, -0.15) is 13.2 Å². The second-order valence-electron chi connectivity index (χ2n) is 6.74. The van der Waals surface area contributed by atoms with Gasteiger partial charge in [0.25, 0.3) is 5.91 Å². The SMILES string of the molecule is Cc1ccnc([N+]2(c3ccc(C(F)(F)F)cc3)CCCCC2C(N)=O)c1. The fourth-order valence-corrected chi connectivity index (χ4v) is 3.80. The number of piperidine rings is 1. The Morgan fingerprint density at radius 1 is 1.19 bits per heavy atom. The lowest BCUT2D eigenvalue weighted by molar-refractivity contribution is -0.137. The summed E-state index contributed by atoms with van der Waals surface area (Å²) in [6, 6.07) is 8.14. The van der Waals surface area contributed by atoms with Crippen molar-refractivity contribution in [2.75, 3.05) is 6.54 Å². The third-order valence-electron chi connectivity index (χ3n) is 5.06. The van der Waals surface area contributed by atoms with Crippen LogP contribution in [0.25, 0.3) is 0 Å². The van der Waals surface area contributed by atoms with E-state index >= 15 is 0 Å². The average molecular weight is 364 g/mol. The topological polar surface area (TPSA) is 56.0 Å². The fourth-order valence-electron chi connectivity index (χ4n) is 3.80. The summed E-state index contributed by atoms with van der Waals surface area (Å²) >= 11 is 0. The van der Waals surface area contributed by atoms with Crippen LogP contribution in [0, 0.1) is 6.92 Å². The lowest BCUT2D eigenvalue weighted by atomic mass is 9.95. The number of quaternary nitrogens is 1. The van der Waals surface area contributed by atoms with Crippen LogP contribution in [-0.4, -0.2) is 23.5 Å². The summed E-state index contributed by atoms with van der Waals surface area (Å²) in [4.78, 5) is 16.7. The predicted octanol–water partition coefficient (Wildman–Crippen LogP) is 4.09. The minimum Gasteiger partial charge on any atom is -0.364 e. The van der Waals surface area contributed by atoms with Crippen LogP contribution in [0.5, 0.6) is 0 Å². The molecule has 1 aliphatic rings. The van der Waals surface area contributed by atoms with Gasteiger partial charge < -0.3 is 5.73 Å². The number of pyridine rings is 1. The summed E-state index contributed by atoms with van der Waals surface area (Å²) in [6.45, 7) is 2.48. The summed E-state index contributed by atoms with van der Waals surface area (Å²) in [5, 5.41) is 0. The van der Waals surface area contributed by atoms with E-state index in [0.717, 1.165) is 30.5 Å². The predicted molar refractivity (Wildman–Crippen MR) is 93.6 cm³/mol. The first kappa shape index (κ1) is 18.4. The van der Waals surface area contributed by atoms with Crippen LogP contribution in [0.4, 0.5) is 24.7 Å². The largest absolute Gasteiger partial charge is 0.416 e. The molecule has 2 aromatic rings. The van der Waals surface area contributed by atoms with E-state index in [1.165, 1.54) is 12.1 Å². The number of nitrogens with two attached hydrogens (primary N) is 1. The first-order valence-corrected chi connectivity index (χ1v) is 8.53. The summed E-state index contributed by atoms with van der Waals surface area (Å²) in [5.74, 6) is 0.168. The number of primary amides is 1. The second-order valence-corrected chi connectivity index (χ2v) is 6.74. The van der Waals surface area contributed by atoms with Crippen LogP contribution in [0.1, 0.15) is 30.4 Å². The molecule has 1 fully saturated rings. The molecule has 7 heteroatoms. The molecular weight excluding hydrogens is 343 g/mol. The Balaban J connectivity index is 2.19. The van der Waals surface area contributed by atoms with Crippen molar-refractivity contribution in [2.24, 2.45) is 5.73 Å². The van der Waals surface area contributed by atoms with Crippen molar-refractivity contribution in [1.82, 2.24) is 9.47 Å². The number of amides is 1. The maximum atomic E-state index is 12.9. The van der Waals surface area contributed by atoms with Crippen LogP contribution < -0.4 is 10.2 Å². The number of alkyl halides is 3. The molecule has 0 aliphatic carbocycles. The van der Waals surface area contributed by atoms with Crippen molar-refractivity contribution < 1.29 is 18.0 Å². The molecule has 3 rings (SSSR count). The van der Waals surface area contributed by atoms with Gasteiger partial charge >= 0.3 is 6.18 Å². The Morgan fingerprint density at radius 2 is 1.88 bits per heavy atom. The maximum Gasteiger partial charge on any atom is 0.416 e. The molecule has 26 heavy (non-hydrogen) atoms. The van der Waals surface area contributed by atoms with Crippen molar-refractivity contribution in [3.63, 3.8) is 0 Å². The van der Waals surface area contributed by atoms with Gasteiger partial charge in [0, 0.05) is 30.8 Å². The van der Waals surface area contributed by atoms with E-state index in [4.69, 9.17) is 5.73 Å². The van der Waals surface area contributed by atoms with Crippen LogP contribution in [0.3, 0.4) is 0 Å². The van der Waals surface area contributed by atoms with Gasteiger partial charge in [-0.15, -0.1) is 0 Å². The molecule has 4 nitrogen and oxygen atoms in total. The number of benzene rings is 1. The maximum absolute atomic E-state index is 12.9. The molecule has 0 bridgehead atoms. The number of carbonyl (C=O) groups is 1. The molecule has 1 aromatic heterocycles. The molecular formula is C19H21F3N3O+. The number of aryl methyl sites for hydroxylation is 1. The van der Waals surface area contributed by atoms with Crippen LogP contribution in [0.2, 0.25) is 0 Å². The highest BCUT2D eigenvalue weighted by molar-refractivity contribution is 5.84. The molecule has 1 saturated heterocycles. The normalized spacial score (nSPS) is 23.6. The van der Waals surface area contributed by atoms with Gasteiger partial charge in [0.1, 0.15) is 5.69 Å². The second kappa shape index (κ2) is 6.72. The number of hydrogen-bond acceptors (Lipinski definition) is 2. The van der Waals surface area contributed by atoms with Gasteiger partial charge in [-0.1, -0.05) is 0 Å². The molecule has 0 radical (unpaired) electrons. The molecule has 2 atom stereocenters. The highest BCUT2D eigenvalue weighted by Crippen LogP contribution is 2.42. The Bertz CT molecular complexity index is 804. The van der Waals surface area contributed by atoms with E-state index in [9.17, 15) is 18.0 Å². The van der Waals surface area contributed by atoms with Crippen LogP contribution in [0.15, 0.2) is 42.6 Å². The lowest BCUT2D eigenvalue weighted by Crippen LogP contribution is -2.61. The monoisotopic (exact) mass is 364 g/mol. The number of aromatic nitrogens is 1. The minimum absolute atomic E-state index is 0.0646. The summed E-state index contributed by atoms with van der Waals surface area (Å²) in [5.41, 5.74) is 6.54. The van der Waals surface area contributed by atoms with Gasteiger partial charge in [0.2, 0.25) is 5.82 Å². The van der Waals surface area contributed by atoms with Crippen LogP contribution >= 0.6 is 0 Å². The number of nitrogens with zero attached hydrogens (tertiary/aromatic N) is 2. The highest BCUT2D eigenvalue weighted by Gasteiger charge is 2.48. The Kier molecular flexibility index (Phi) is 4.75. The molecule has 0 saturated carbocycles. The van der Waals surface area contributed by atoms with Gasteiger partial charge in [-0.05, 0) is 43.5 Å². The molecule has 1 aromatic carbocycles. The van der Waals surface area contributed by atoms with Gasteiger partial charge in [0.15, 0.2) is 6.04 Å². The van der Waals surface area contributed by atoms with Gasteiger partial charge in [-0.25, -0.2) is 9.47 Å². The zero-order chi connectivity index (χ0) is 18.9. The Morgan fingerprint density at radius 3 is 2.46 bits per heavy atom.